The van der Waals surface area contributed by atoms with Crippen LogP contribution in [0.3, 0.4) is 0 Å². The zero-order valence-corrected chi connectivity index (χ0v) is 18.6. The first-order valence-corrected chi connectivity index (χ1v) is 10.5. The summed E-state index contributed by atoms with van der Waals surface area (Å²) in [6.07, 6.45) is 3.42. The van der Waals surface area contributed by atoms with E-state index in [4.69, 9.17) is 9.47 Å². The molecule has 3 aromatic rings. The zero-order chi connectivity index (χ0) is 23.5. The van der Waals surface area contributed by atoms with E-state index in [1.807, 2.05) is 11.6 Å². The van der Waals surface area contributed by atoms with Gasteiger partial charge in [0.2, 0.25) is 11.8 Å². The number of anilines is 1. The Morgan fingerprint density at radius 1 is 1.18 bits per heavy atom. The van der Waals surface area contributed by atoms with E-state index in [0.717, 1.165) is 0 Å². The summed E-state index contributed by atoms with van der Waals surface area (Å²) in [6.45, 7) is 0.0975. The summed E-state index contributed by atoms with van der Waals surface area (Å²) in [4.78, 5) is 31.6. The lowest BCUT2D eigenvalue weighted by molar-refractivity contribution is -0.126. The highest BCUT2D eigenvalue weighted by atomic mass is 19.1. The molecule has 1 aliphatic heterocycles. The molecule has 2 atom stereocenters. The van der Waals surface area contributed by atoms with Crippen LogP contribution in [-0.2, 0) is 16.6 Å². The molecule has 9 heteroatoms. The number of aryl methyl sites for hydroxylation is 1. The van der Waals surface area contributed by atoms with E-state index in [9.17, 15) is 14.0 Å². The van der Waals surface area contributed by atoms with Crippen molar-refractivity contribution in [3.05, 3.63) is 72.1 Å². The Kier molecular flexibility index (Phi) is 6.30. The quantitative estimate of drug-likeness (QED) is 0.596. The minimum Gasteiger partial charge on any atom is -0.497 e. The molecule has 2 aromatic carbocycles. The number of rotatable bonds is 7. The number of carbonyl (C=O) groups is 2. The predicted molar refractivity (Wildman–Crippen MR) is 120 cm³/mol. The monoisotopic (exact) mass is 452 g/mol. The Balaban J connectivity index is 1.61. The predicted octanol–water partition coefficient (Wildman–Crippen LogP) is 2.84. The molecule has 2 heterocycles. The van der Waals surface area contributed by atoms with Gasteiger partial charge in [-0.25, -0.2) is 9.37 Å². The van der Waals surface area contributed by atoms with E-state index < -0.39 is 17.8 Å². The Morgan fingerprint density at radius 3 is 2.48 bits per heavy atom. The molecule has 4 rings (SSSR count). The number of benzene rings is 2. The van der Waals surface area contributed by atoms with E-state index >= 15 is 0 Å². The van der Waals surface area contributed by atoms with Gasteiger partial charge in [0.05, 0.1) is 25.8 Å². The van der Waals surface area contributed by atoms with Crippen LogP contribution in [0.25, 0.3) is 0 Å². The maximum Gasteiger partial charge on any atom is 0.227 e. The van der Waals surface area contributed by atoms with Gasteiger partial charge in [0.25, 0.3) is 0 Å². The van der Waals surface area contributed by atoms with Crippen LogP contribution in [0.1, 0.15) is 23.9 Å². The molecule has 0 unspecified atom stereocenters. The molecular formula is C24H25FN4O4. The van der Waals surface area contributed by atoms with Crippen molar-refractivity contribution in [2.45, 2.75) is 12.5 Å². The molecule has 2 amide bonds. The number of hydrogen-bond donors (Lipinski definition) is 1. The van der Waals surface area contributed by atoms with Crippen molar-refractivity contribution in [1.29, 1.82) is 0 Å². The van der Waals surface area contributed by atoms with E-state index in [2.05, 4.69) is 10.3 Å². The second kappa shape index (κ2) is 9.32. The molecule has 0 spiro atoms. The van der Waals surface area contributed by atoms with Crippen LogP contribution in [0.15, 0.2) is 54.9 Å². The highest BCUT2D eigenvalue weighted by molar-refractivity contribution is 6.00. The number of para-hydroxylation sites is 1. The summed E-state index contributed by atoms with van der Waals surface area (Å²) in [5, 5.41) is 3.02. The van der Waals surface area contributed by atoms with Crippen LogP contribution < -0.4 is 19.7 Å². The molecule has 0 bridgehead atoms. The van der Waals surface area contributed by atoms with Gasteiger partial charge in [0.15, 0.2) is 0 Å². The minimum absolute atomic E-state index is 0.00507. The second-order valence-corrected chi connectivity index (χ2v) is 7.84. The average molecular weight is 452 g/mol. The Bertz CT molecular complexity index is 1160. The number of ether oxygens (including phenoxy) is 2. The van der Waals surface area contributed by atoms with Gasteiger partial charge >= 0.3 is 0 Å². The van der Waals surface area contributed by atoms with Crippen molar-refractivity contribution in [1.82, 2.24) is 14.9 Å². The van der Waals surface area contributed by atoms with Crippen molar-refractivity contribution < 1.29 is 23.5 Å². The van der Waals surface area contributed by atoms with Crippen molar-refractivity contribution >= 4 is 17.5 Å². The van der Waals surface area contributed by atoms with Gasteiger partial charge in [0.1, 0.15) is 29.2 Å². The fraction of sp³-hybridized carbons (Fsp3) is 0.292. The van der Waals surface area contributed by atoms with Gasteiger partial charge in [-0.3, -0.25) is 9.59 Å². The molecule has 1 aliphatic rings. The van der Waals surface area contributed by atoms with Crippen LogP contribution in [0, 0.1) is 11.7 Å². The number of nitrogens with zero attached hydrogens (tertiary/aromatic N) is 3. The van der Waals surface area contributed by atoms with Gasteiger partial charge in [0, 0.05) is 38.5 Å². The summed E-state index contributed by atoms with van der Waals surface area (Å²) in [5.74, 6) is -0.00411. The molecule has 0 radical (unpaired) electrons. The zero-order valence-electron chi connectivity index (χ0n) is 18.6. The van der Waals surface area contributed by atoms with Crippen LogP contribution in [0.5, 0.6) is 11.5 Å². The number of hydrogen-bond acceptors (Lipinski definition) is 5. The summed E-state index contributed by atoms with van der Waals surface area (Å²) >= 11 is 0. The highest BCUT2D eigenvalue weighted by Crippen LogP contribution is 2.31. The van der Waals surface area contributed by atoms with Crippen LogP contribution >= 0.6 is 0 Å². The molecule has 0 saturated carbocycles. The average Bonchev–Trinajstić information content (AvgIpc) is 3.42. The molecular weight excluding hydrogens is 427 g/mol. The number of amides is 2. The maximum absolute atomic E-state index is 14.2. The second-order valence-electron chi connectivity index (χ2n) is 7.84. The molecule has 1 N–H and O–H groups in total. The van der Waals surface area contributed by atoms with Gasteiger partial charge < -0.3 is 24.3 Å². The Morgan fingerprint density at radius 2 is 1.88 bits per heavy atom. The third kappa shape index (κ3) is 4.52. The fourth-order valence-electron chi connectivity index (χ4n) is 4.00. The highest BCUT2D eigenvalue weighted by Gasteiger charge is 2.37. The molecule has 0 aliphatic carbocycles. The molecule has 1 saturated heterocycles. The van der Waals surface area contributed by atoms with E-state index in [1.165, 1.54) is 17.0 Å². The standard InChI is InChI=1S/C24H25FN4O4/c1-28-9-8-26-23(28)22(15-10-17(32-2)13-18(11-15)33-3)27-24(31)16-12-21(30)29(14-16)20-7-5-4-6-19(20)25/h4-11,13,16,22H,12,14H2,1-3H3,(H,27,31)/t16-,22+/m1/s1. The van der Waals surface area contributed by atoms with E-state index in [0.29, 0.717) is 22.9 Å². The normalized spacial score (nSPS) is 16.5. The van der Waals surface area contributed by atoms with Crippen molar-refractivity contribution in [2.24, 2.45) is 13.0 Å². The Hall–Kier alpha value is -3.88. The number of nitrogens with one attached hydrogen (secondary N) is 1. The van der Waals surface area contributed by atoms with Gasteiger partial charge in [-0.1, -0.05) is 12.1 Å². The van der Waals surface area contributed by atoms with Crippen molar-refractivity contribution in [2.75, 3.05) is 25.7 Å². The van der Waals surface area contributed by atoms with Crippen LogP contribution in [0.2, 0.25) is 0 Å². The lowest BCUT2D eigenvalue weighted by atomic mass is 10.0. The number of halogens is 1. The molecule has 172 valence electrons. The largest absolute Gasteiger partial charge is 0.497 e. The van der Waals surface area contributed by atoms with Crippen molar-refractivity contribution in [3.63, 3.8) is 0 Å². The topological polar surface area (TPSA) is 85.7 Å². The first kappa shape index (κ1) is 22.3. The van der Waals surface area contributed by atoms with Gasteiger partial charge in [-0.15, -0.1) is 0 Å². The first-order valence-electron chi connectivity index (χ1n) is 10.5. The lowest BCUT2D eigenvalue weighted by Crippen LogP contribution is -2.37. The number of methoxy groups -OCH3 is 2. The summed E-state index contributed by atoms with van der Waals surface area (Å²) in [7, 11) is 4.93. The SMILES string of the molecule is COc1cc(OC)cc([C@H](NC(=O)[C@@H]2CC(=O)N(c3ccccc3F)C2)c2nccn2C)c1. The van der Waals surface area contributed by atoms with Crippen LogP contribution in [-0.4, -0.2) is 42.1 Å². The molecule has 8 nitrogen and oxygen atoms in total. The first-order chi connectivity index (χ1) is 15.9. The summed E-state index contributed by atoms with van der Waals surface area (Å²) in [5.41, 5.74) is 0.889. The van der Waals surface area contributed by atoms with Crippen LogP contribution in [0.4, 0.5) is 10.1 Å². The smallest absolute Gasteiger partial charge is 0.227 e. The number of imidazole rings is 1. The minimum atomic E-state index is -0.632. The van der Waals surface area contributed by atoms with E-state index in [1.54, 1.807) is 56.9 Å². The molecule has 33 heavy (non-hydrogen) atoms. The lowest BCUT2D eigenvalue weighted by Gasteiger charge is -2.22. The van der Waals surface area contributed by atoms with E-state index in [-0.39, 0.29) is 30.5 Å². The Labute approximate surface area is 190 Å². The third-order valence-electron chi connectivity index (χ3n) is 5.75. The number of carbonyl (C=O) groups excluding carboxylic acids is 2. The summed E-state index contributed by atoms with van der Waals surface area (Å²) < 4.78 is 26.8. The summed E-state index contributed by atoms with van der Waals surface area (Å²) in [6, 6.07) is 10.8. The third-order valence-corrected chi connectivity index (χ3v) is 5.75. The van der Waals surface area contributed by atoms with Gasteiger partial charge in [-0.2, -0.15) is 0 Å². The fourth-order valence-corrected chi connectivity index (χ4v) is 4.00. The number of aromatic nitrogens is 2. The van der Waals surface area contributed by atoms with Crippen molar-refractivity contribution in [3.8, 4) is 11.5 Å². The molecule has 1 aromatic heterocycles. The van der Waals surface area contributed by atoms with Gasteiger partial charge in [-0.05, 0) is 29.8 Å². The molecule has 1 fully saturated rings. The maximum atomic E-state index is 14.2.